The summed E-state index contributed by atoms with van der Waals surface area (Å²) in [4.78, 5) is 33.8. The fourth-order valence-corrected chi connectivity index (χ4v) is 1.82. The summed E-state index contributed by atoms with van der Waals surface area (Å²) in [5.74, 6) is -1.38. The zero-order valence-corrected chi connectivity index (χ0v) is 11.5. The minimum absolute atomic E-state index is 0.0483. The lowest BCUT2D eigenvalue weighted by Gasteiger charge is -2.16. The van der Waals surface area contributed by atoms with E-state index in [1.165, 1.54) is 18.0 Å². The number of nitrogens with zero attached hydrogens (tertiary/aromatic N) is 2. The number of halogens is 1. The second-order valence-electron chi connectivity index (χ2n) is 4.18. The Balaban J connectivity index is 2.80. The monoisotopic (exact) mass is 300 g/mol. The number of nitro benzene ring substituents is 1. The molecule has 1 aromatic carbocycles. The van der Waals surface area contributed by atoms with Crippen LogP contribution in [-0.2, 0) is 4.79 Å². The second-order valence-corrected chi connectivity index (χ2v) is 4.62. The maximum Gasteiger partial charge on any atom is 0.303 e. The van der Waals surface area contributed by atoms with Crippen LogP contribution in [0.15, 0.2) is 18.2 Å². The van der Waals surface area contributed by atoms with Crippen molar-refractivity contribution in [2.24, 2.45) is 0 Å². The number of hydrogen-bond donors (Lipinski definition) is 1. The third kappa shape index (κ3) is 4.51. The van der Waals surface area contributed by atoms with Crippen molar-refractivity contribution in [1.29, 1.82) is 0 Å². The number of benzene rings is 1. The Bertz CT molecular complexity index is 547. The summed E-state index contributed by atoms with van der Waals surface area (Å²) in [6.07, 6.45) is 0.257. The molecular formula is C12H13ClN2O5. The number of nitro groups is 1. The van der Waals surface area contributed by atoms with E-state index in [0.717, 1.165) is 12.1 Å². The molecule has 0 heterocycles. The van der Waals surface area contributed by atoms with Crippen molar-refractivity contribution in [1.82, 2.24) is 4.90 Å². The first-order chi connectivity index (χ1) is 9.31. The smallest absolute Gasteiger partial charge is 0.303 e. The molecule has 0 radical (unpaired) electrons. The van der Waals surface area contributed by atoms with E-state index in [4.69, 9.17) is 16.7 Å². The van der Waals surface area contributed by atoms with E-state index in [0.29, 0.717) is 6.42 Å². The van der Waals surface area contributed by atoms with E-state index >= 15 is 0 Å². The Morgan fingerprint density at radius 2 is 2.05 bits per heavy atom. The van der Waals surface area contributed by atoms with Gasteiger partial charge in [-0.25, -0.2) is 0 Å². The van der Waals surface area contributed by atoms with Crippen LogP contribution >= 0.6 is 11.6 Å². The lowest BCUT2D eigenvalue weighted by atomic mass is 10.1. The number of hydrogen-bond acceptors (Lipinski definition) is 4. The van der Waals surface area contributed by atoms with Crippen molar-refractivity contribution in [2.75, 3.05) is 13.6 Å². The molecule has 0 fully saturated rings. The molecule has 108 valence electrons. The van der Waals surface area contributed by atoms with Gasteiger partial charge in [0, 0.05) is 42.7 Å². The van der Waals surface area contributed by atoms with Gasteiger partial charge in [0.25, 0.3) is 11.6 Å². The topological polar surface area (TPSA) is 101 Å². The predicted octanol–water partition coefficient (Wildman–Crippen LogP) is 2.18. The number of carbonyl (C=O) groups is 2. The van der Waals surface area contributed by atoms with Gasteiger partial charge in [0.2, 0.25) is 0 Å². The zero-order chi connectivity index (χ0) is 15.3. The van der Waals surface area contributed by atoms with Gasteiger partial charge in [0.15, 0.2) is 0 Å². The first kappa shape index (κ1) is 15.9. The van der Waals surface area contributed by atoms with Crippen molar-refractivity contribution in [3.8, 4) is 0 Å². The summed E-state index contributed by atoms with van der Waals surface area (Å²) in [7, 11) is 1.50. The molecule has 1 N–H and O–H groups in total. The molecule has 1 aromatic rings. The molecule has 0 atom stereocenters. The second kappa shape index (κ2) is 6.85. The van der Waals surface area contributed by atoms with Crippen LogP contribution in [0.4, 0.5) is 5.69 Å². The van der Waals surface area contributed by atoms with Gasteiger partial charge < -0.3 is 10.0 Å². The third-order valence-corrected chi connectivity index (χ3v) is 2.79. The Hall–Kier alpha value is -2.15. The Kier molecular flexibility index (Phi) is 5.45. The molecule has 0 aliphatic heterocycles. The number of carboxylic acid groups (broad SMARTS) is 1. The van der Waals surface area contributed by atoms with Crippen LogP contribution in [-0.4, -0.2) is 40.4 Å². The highest BCUT2D eigenvalue weighted by Gasteiger charge is 2.17. The van der Waals surface area contributed by atoms with Gasteiger partial charge in [-0.2, -0.15) is 0 Å². The average Bonchev–Trinajstić information content (AvgIpc) is 2.36. The molecular weight excluding hydrogens is 288 g/mol. The molecule has 0 saturated carbocycles. The first-order valence-electron chi connectivity index (χ1n) is 5.73. The van der Waals surface area contributed by atoms with E-state index in [1.807, 2.05) is 0 Å². The molecule has 0 aliphatic rings. The van der Waals surface area contributed by atoms with Crippen LogP contribution in [0.5, 0.6) is 0 Å². The predicted molar refractivity (Wildman–Crippen MR) is 71.9 cm³/mol. The average molecular weight is 301 g/mol. The fourth-order valence-electron chi connectivity index (χ4n) is 1.59. The molecule has 7 nitrogen and oxygen atoms in total. The summed E-state index contributed by atoms with van der Waals surface area (Å²) in [5.41, 5.74) is -0.165. The summed E-state index contributed by atoms with van der Waals surface area (Å²) in [6.45, 7) is 0.242. The zero-order valence-electron chi connectivity index (χ0n) is 10.7. The summed E-state index contributed by atoms with van der Waals surface area (Å²) in [6, 6.07) is 3.63. The standard InChI is InChI=1S/C12H13ClN2O5/c1-14(4-2-3-11(16)17)12(18)8-5-9(13)7-10(6-8)15(19)20/h5-7H,2-4H2,1H3,(H,16,17). The van der Waals surface area contributed by atoms with E-state index in [9.17, 15) is 19.7 Å². The van der Waals surface area contributed by atoms with Crippen LogP contribution in [0.2, 0.25) is 5.02 Å². The Morgan fingerprint density at radius 1 is 1.40 bits per heavy atom. The van der Waals surface area contributed by atoms with E-state index < -0.39 is 16.8 Å². The van der Waals surface area contributed by atoms with Gasteiger partial charge in [-0.3, -0.25) is 19.7 Å². The highest BCUT2D eigenvalue weighted by atomic mass is 35.5. The molecule has 0 unspecified atom stereocenters. The van der Waals surface area contributed by atoms with Crippen LogP contribution < -0.4 is 0 Å². The van der Waals surface area contributed by atoms with Crippen LogP contribution in [0, 0.1) is 10.1 Å². The number of carboxylic acids is 1. The van der Waals surface area contributed by atoms with E-state index in [2.05, 4.69) is 0 Å². The summed E-state index contributed by atoms with van der Waals surface area (Å²) in [5, 5.41) is 19.3. The highest BCUT2D eigenvalue weighted by molar-refractivity contribution is 6.31. The largest absolute Gasteiger partial charge is 0.481 e. The van der Waals surface area contributed by atoms with Crippen LogP contribution in [0.25, 0.3) is 0 Å². The molecule has 1 amide bonds. The van der Waals surface area contributed by atoms with Gasteiger partial charge in [-0.1, -0.05) is 11.6 Å². The van der Waals surface area contributed by atoms with Crippen molar-refractivity contribution < 1.29 is 19.6 Å². The Labute approximate surface area is 119 Å². The summed E-state index contributed by atoms with van der Waals surface area (Å²) < 4.78 is 0. The molecule has 20 heavy (non-hydrogen) atoms. The van der Waals surface area contributed by atoms with Gasteiger partial charge in [0.1, 0.15) is 0 Å². The van der Waals surface area contributed by atoms with Crippen molar-refractivity contribution >= 4 is 29.2 Å². The number of amides is 1. The maximum absolute atomic E-state index is 12.0. The van der Waals surface area contributed by atoms with Gasteiger partial charge in [0.05, 0.1) is 4.92 Å². The molecule has 0 saturated heterocycles. The van der Waals surface area contributed by atoms with Crippen LogP contribution in [0.3, 0.4) is 0 Å². The molecule has 8 heteroatoms. The highest BCUT2D eigenvalue weighted by Crippen LogP contribution is 2.21. The lowest BCUT2D eigenvalue weighted by Crippen LogP contribution is -2.28. The fraction of sp³-hybridized carbons (Fsp3) is 0.333. The minimum Gasteiger partial charge on any atom is -0.481 e. The van der Waals surface area contributed by atoms with Crippen molar-refractivity contribution in [2.45, 2.75) is 12.8 Å². The number of carbonyl (C=O) groups excluding carboxylic acids is 1. The van der Waals surface area contributed by atoms with Gasteiger partial charge >= 0.3 is 5.97 Å². The number of aliphatic carboxylic acids is 1. The summed E-state index contributed by atoms with van der Waals surface area (Å²) >= 11 is 5.74. The lowest BCUT2D eigenvalue weighted by molar-refractivity contribution is -0.384. The Morgan fingerprint density at radius 3 is 2.60 bits per heavy atom. The van der Waals surface area contributed by atoms with Gasteiger partial charge in [-0.15, -0.1) is 0 Å². The molecule has 1 rings (SSSR count). The molecule has 0 aliphatic carbocycles. The molecule has 0 aromatic heterocycles. The maximum atomic E-state index is 12.0. The third-order valence-electron chi connectivity index (χ3n) is 2.57. The normalized spacial score (nSPS) is 10.1. The van der Waals surface area contributed by atoms with E-state index in [-0.39, 0.29) is 29.2 Å². The quantitative estimate of drug-likeness (QED) is 0.641. The molecule has 0 bridgehead atoms. The minimum atomic E-state index is -0.941. The number of non-ortho nitro benzene ring substituents is 1. The van der Waals surface area contributed by atoms with Crippen molar-refractivity contribution in [3.63, 3.8) is 0 Å². The molecule has 0 spiro atoms. The van der Waals surface area contributed by atoms with E-state index in [1.54, 1.807) is 0 Å². The number of rotatable bonds is 6. The van der Waals surface area contributed by atoms with Gasteiger partial charge in [-0.05, 0) is 12.5 Å². The SMILES string of the molecule is CN(CCCC(=O)O)C(=O)c1cc(Cl)cc([N+](=O)[O-])c1. The van der Waals surface area contributed by atoms with Crippen LogP contribution in [0.1, 0.15) is 23.2 Å². The van der Waals surface area contributed by atoms with Crippen molar-refractivity contribution in [3.05, 3.63) is 38.9 Å². The first-order valence-corrected chi connectivity index (χ1v) is 6.11.